The molecule has 4 atom stereocenters. The van der Waals surface area contributed by atoms with Crippen molar-refractivity contribution in [1.82, 2.24) is 10.1 Å². The van der Waals surface area contributed by atoms with Gasteiger partial charge in [0.05, 0.1) is 0 Å². The third-order valence-corrected chi connectivity index (χ3v) is 10.4. The van der Waals surface area contributed by atoms with E-state index in [9.17, 15) is 0 Å². The van der Waals surface area contributed by atoms with Crippen LogP contribution in [0.25, 0.3) is 0 Å². The zero-order valence-electron chi connectivity index (χ0n) is 29.2. The highest BCUT2D eigenvalue weighted by molar-refractivity contribution is 5.17. The van der Waals surface area contributed by atoms with Gasteiger partial charge in [-0.25, -0.2) is 0 Å². The van der Waals surface area contributed by atoms with E-state index in [1.807, 2.05) is 0 Å². The molecule has 0 aliphatic carbocycles. The fourth-order valence-corrected chi connectivity index (χ4v) is 8.38. The first-order valence-electron chi connectivity index (χ1n) is 17.1. The normalized spacial score (nSPS) is 27.1. The second-order valence-electron chi connectivity index (χ2n) is 16.3. The monoisotopic (exact) mass is 590 g/mol. The number of rotatable bonds is 10. The standard InChI is InChI=1S/C39H62N2O2/c1-30(34-20-13-11-14-21-34)42-40-36(3,4)26-24-32(28-38(40,7)8)18-17-19-33-25-27-37(5,6)41(39(9,10)29-33)43-31(2)35-22-15-12-16-23-35/h11-16,20-23,30-33H,17-19,24-29H2,1-10H3. The Morgan fingerprint density at radius 1 is 0.581 bits per heavy atom. The topological polar surface area (TPSA) is 24.9 Å². The summed E-state index contributed by atoms with van der Waals surface area (Å²) in [5.74, 6) is 1.47. The third kappa shape index (κ3) is 8.72. The van der Waals surface area contributed by atoms with Crippen LogP contribution in [0.1, 0.15) is 150 Å². The van der Waals surface area contributed by atoms with E-state index in [-0.39, 0.29) is 34.4 Å². The quantitative estimate of drug-likeness (QED) is 0.275. The zero-order valence-corrected chi connectivity index (χ0v) is 29.2. The molecule has 2 heterocycles. The van der Waals surface area contributed by atoms with Gasteiger partial charge in [0.2, 0.25) is 0 Å². The number of benzene rings is 2. The first kappa shape index (κ1) is 34.2. The van der Waals surface area contributed by atoms with Gasteiger partial charge in [-0.1, -0.05) is 79.9 Å². The van der Waals surface area contributed by atoms with Crippen LogP contribution in [0.5, 0.6) is 0 Å². The molecule has 2 saturated heterocycles. The molecule has 0 bridgehead atoms. The van der Waals surface area contributed by atoms with Gasteiger partial charge >= 0.3 is 0 Å². The van der Waals surface area contributed by atoms with Crippen LogP contribution in [0.3, 0.4) is 0 Å². The van der Waals surface area contributed by atoms with Crippen molar-refractivity contribution in [3.63, 3.8) is 0 Å². The number of hydroxylamine groups is 4. The van der Waals surface area contributed by atoms with Gasteiger partial charge in [0.25, 0.3) is 0 Å². The van der Waals surface area contributed by atoms with Crippen LogP contribution in [0.2, 0.25) is 0 Å². The lowest BCUT2D eigenvalue weighted by Crippen LogP contribution is -2.54. The SMILES string of the molecule is CC(ON1C(C)(C)CCC(CCCC2CCC(C)(C)N(OC(C)c3ccccc3)C(C)(C)C2)CC1(C)C)c1ccccc1. The lowest BCUT2D eigenvalue weighted by atomic mass is 9.82. The summed E-state index contributed by atoms with van der Waals surface area (Å²) < 4.78 is 0. The maximum absolute atomic E-state index is 6.77. The Balaban J connectivity index is 1.35. The van der Waals surface area contributed by atoms with Gasteiger partial charge in [-0.05, 0) is 131 Å². The molecule has 2 aliphatic heterocycles. The summed E-state index contributed by atoms with van der Waals surface area (Å²) >= 11 is 0. The molecular formula is C39H62N2O2. The molecule has 43 heavy (non-hydrogen) atoms. The van der Waals surface area contributed by atoms with Crippen molar-refractivity contribution in [3.8, 4) is 0 Å². The minimum absolute atomic E-state index is 0.00146. The van der Waals surface area contributed by atoms with Gasteiger partial charge in [-0.3, -0.25) is 9.68 Å². The Hall–Kier alpha value is -1.72. The smallest absolute Gasteiger partial charge is 0.102 e. The average Bonchev–Trinajstić information content (AvgIpc) is 3.09. The zero-order chi connectivity index (χ0) is 31.5. The number of hydrogen-bond donors (Lipinski definition) is 0. The van der Waals surface area contributed by atoms with E-state index in [1.54, 1.807) is 0 Å². The molecule has 4 unspecified atom stereocenters. The Morgan fingerprint density at radius 2 is 0.930 bits per heavy atom. The van der Waals surface area contributed by atoms with E-state index >= 15 is 0 Å². The highest BCUT2D eigenvalue weighted by Gasteiger charge is 2.46. The van der Waals surface area contributed by atoms with Crippen molar-refractivity contribution in [2.24, 2.45) is 11.8 Å². The van der Waals surface area contributed by atoms with E-state index in [1.165, 1.54) is 68.9 Å². The van der Waals surface area contributed by atoms with Crippen molar-refractivity contribution in [1.29, 1.82) is 0 Å². The van der Waals surface area contributed by atoms with Gasteiger partial charge in [0, 0.05) is 22.2 Å². The molecule has 2 aromatic carbocycles. The van der Waals surface area contributed by atoms with Crippen LogP contribution in [0.15, 0.2) is 60.7 Å². The van der Waals surface area contributed by atoms with Crippen molar-refractivity contribution >= 4 is 0 Å². The lowest BCUT2D eigenvalue weighted by molar-refractivity contribution is -0.289. The predicted octanol–water partition coefficient (Wildman–Crippen LogP) is 10.9. The van der Waals surface area contributed by atoms with Crippen molar-refractivity contribution in [3.05, 3.63) is 71.8 Å². The van der Waals surface area contributed by atoms with Gasteiger partial charge in [-0.15, -0.1) is 0 Å². The van der Waals surface area contributed by atoms with Gasteiger partial charge in [0.1, 0.15) is 12.2 Å². The molecule has 0 radical (unpaired) electrons. The van der Waals surface area contributed by atoms with Crippen molar-refractivity contribution in [2.45, 2.75) is 161 Å². The van der Waals surface area contributed by atoms with Gasteiger partial charge in [-0.2, -0.15) is 10.1 Å². The highest BCUT2D eigenvalue weighted by Crippen LogP contribution is 2.45. The van der Waals surface area contributed by atoms with E-state index in [4.69, 9.17) is 9.68 Å². The summed E-state index contributed by atoms with van der Waals surface area (Å²) in [6.45, 7) is 23.4. The largest absolute Gasteiger partial charge is 0.290 e. The Labute approximate surface area is 264 Å². The minimum atomic E-state index is -0.0185. The maximum atomic E-state index is 6.77. The van der Waals surface area contributed by atoms with Crippen LogP contribution in [0, 0.1) is 11.8 Å². The molecule has 0 aromatic heterocycles. The summed E-state index contributed by atoms with van der Waals surface area (Å²) in [7, 11) is 0. The lowest BCUT2D eigenvalue weighted by Gasteiger charge is -2.47. The Kier molecular flexibility index (Phi) is 10.9. The predicted molar refractivity (Wildman–Crippen MR) is 180 cm³/mol. The summed E-state index contributed by atoms with van der Waals surface area (Å²) in [5.41, 5.74) is 2.44. The Morgan fingerprint density at radius 3 is 1.28 bits per heavy atom. The molecule has 240 valence electrons. The average molecular weight is 591 g/mol. The second-order valence-corrected chi connectivity index (χ2v) is 16.3. The molecule has 0 amide bonds. The van der Waals surface area contributed by atoms with Crippen LogP contribution in [-0.4, -0.2) is 32.3 Å². The van der Waals surface area contributed by atoms with E-state index in [2.05, 4.69) is 140 Å². The molecule has 4 heteroatoms. The Bertz CT molecular complexity index is 1040. The number of nitrogens with zero attached hydrogens (tertiary/aromatic N) is 2. The van der Waals surface area contributed by atoms with Crippen molar-refractivity contribution in [2.75, 3.05) is 0 Å². The highest BCUT2D eigenvalue weighted by atomic mass is 16.7. The fraction of sp³-hybridized carbons (Fsp3) is 0.692. The molecular weight excluding hydrogens is 528 g/mol. The van der Waals surface area contributed by atoms with Crippen LogP contribution in [0.4, 0.5) is 0 Å². The molecule has 2 aromatic rings. The van der Waals surface area contributed by atoms with E-state index in [0.29, 0.717) is 0 Å². The van der Waals surface area contributed by atoms with Crippen LogP contribution >= 0.6 is 0 Å². The van der Waals surface area contributed by atoms with Crippen molar-refractivity contribution < 1.29 is 9.68 Å². The molecule has 2 fully saturated rings. The summed E-state index contributed by atoms with van der Waals surface area (Å²) in [6.07, 6.45) is 11.3. The summed E-state index contributed by atoms with van der Waals surface area (Å²) in [5, 5.41) is 4.72. The van der Waals surface area contributed by atoms with Crippen LogP contribution < -0.4 is 0 Å². The molecule has 4 rings (SSSR count). The summed E-state index contributed by atoms with van der Waals surface area (Å²) in [6, 6.07) is 21.3. The molecule has 4 nitrogen and oxygen atoms in total. The van der Waals surface area contributed by atoms with E-state index < -0.39 is 0 Å². The molecule has 0 spiro atoms. The molecule has 0 N–H and O–H groups in total. The van der Waals surface area contributed by atoms with Gasteiger partial charge < -0.3 is 0 Å². The summed E-state index contributed by atoms with van der Waals surface area (Å²) in [4.78, 5) is 13.5. The number of hydrogen-bond acceptors (Lipinski definition) is 4. The molecule has 2 aliphatic rings. The van der Waals surface area contributed by atoms with E-state index in [0.717, 1.165) is 11.8 Å². The minimum Gasteiger partial charge on any atom is -0.290 e. The molecule has 0 saturated carbocycles. The van der Waals surface area contributed by atoms with Gasteiger partial charge in [0.15, 0.2) is 0 Å². The van der Waals surface area contributed by atoms with Crippen LogP contribution in [-0.2, 0) is 9.68 Å². The first-order valence-corrected chi connectivity index (χ1v) is 17.1. The third-order valence-electron chi connectivity index (χ3n) is 10.4. The maximum Gasteiger partial charge on any atom is 0.102 e. The first-order chi connectivity index (χ1) is 20.1. The second kappa shape index (κ2) is 13.7. The fourth-order valence-electron chi connectivity index (χ4n) is 8.38.